The monoisotopic (exact) mass is 523 g/mol. The third-order valence-electron chi connectivity index (χ3n) is 7.92. The average molecular weight is 523 g/mol. The van der Waals surface area contributed by atoms with Crippen molar-refractivity contribution in [1.82, 2.24) is 0 Å². The van der Waals surface area contributed by atoms with Gasteiger partial charge >= 0.3 is 5.97 Å². The summed E-state index contributed by atoms with van der Waals surface area (Å²) >= 11 is 0. The van der Waals surface area contributed by atoms with Crippen LogP contribution in [0.4, 0.5) is 0 Å². The quantitative estimate of drug-likeness (QED) is 0.0668. The molecule has 0 aliphatic carbocycles. The lowest BCUT2D eigenvalue weighted by molar-refractivity contribution is -0.143. The second-order valence-electron chi connectivity index (χ2n) is 12.3. The minimum atomic E-state index is 0.0213. The van der Waals surface area contributed by atoms with Crippen LogP contribution in [0.1, 0.15) is 207 Å². The van der Waals surface area contributed by atoms with Gasteiger partial charge in [-0.15, -0.1) is 0 Å². The Bertz CT molecular complexity index is 431. The van der Waals surface area contributed by atoms with Gasteiger partial charge in [0.2, 0.25) is 0 Å². The van der Waals surface area contributed by atoms with E-state index >= 15 is 0 Å². The average Bonchev–Trinajstić information content (AvgIpc) is 2.88. The summed E-state index contributed by atoms with van der Waals surface area (Å²) in [6.07, 6.45) is 38.9. The van der Waals surface area contributed by atoms with E-state index < -0.39 is 0 Å². The van der Waals surface area contributed by atoms with E-state index in [-0.39, 0.29) is 5.97 Å². The molecule has 0 aromatic rings. The van der Waals surface area contributed by atoms with E-state index in [9.17, 15) is 4.79 Å². The van der Waals surface area contributed by atoms with Crippen molar-refractivity contribution in [2.75, 3.05) is 6.61 Å². The summed E-state index contributed by atoms with van der Waals surface area (Å²) in [5.41, 5.74) is 0. The first kappa shape index (κ1) is 36.5. The highest BCUT2D eigenvalue weighted by molar-refractivity contribution is 5.69. The molecule has 0 unspecified atom stereocenters. The molecule has 0 heterocycles. The summed E-state index contributed by atoms with van der Waals surface area (Å²) in [6, 6.07) is 0. The van der Waals surface area contributed by atoms with E-state index in [2.05, 4.69) is 20.8 Å². The van der Waals surface area contributed by atoms with Crippen LogP contribution in [0.15, 0.2) is 0 Å². The van der Waals surface area contributed by atoms with Gasteiger partial charge in [-0.2, -0.15) is 0 Å². The number of rotatable bonds is 31. The molecule has 0 spiro atoms. The lowest BCUT2D eigenvalue weighted by Gasteiger charge is -2.06. The molecule has 0 fully saturated rings. The van der Waals surface area contributed by atoms with E-state index in [0.29, 0.717) is 13.0 Å². The Hall–Kier alpha value is -0.530. The highest BCUT2D eigenvalue weighted by Gasteiger charge is 2.03. The summed E-state index contributed by atoms with van der Waals surface area (Å²) < 4.78 is 5.39. The van der Waals surface area contributed by atoms with Gasteiger partial charge in [-0.1, -0.05) is 188 Å². The van der Waals surface area contributed by atoms with Crippen molar-refractivity contribution in [1.29, 1.82) is 0 Å². The lowest BCUT2D eigenvalue weighted by atomic mass is 10.0. The predicted molar refractivity (Wildman–Crippen MR) is 165 cm³/mol. The maximum absolute atomic E-state index is 11.8. The fourth-order valence-electron chi connectivity index (χ4n) is 5.32. The first-order valence-electron chi connectivity index (χ1n) is 17.3. The molecule has 222 valence electrons. The van der Waals surface area contributed by atoms with Crippen LogP contribution in [-0.2, 0) is 9.53 Å². The van der Waals surface area contributed by atoms with Gasteiger partial charge in [0.15, 0.2) is 0 Å². The van der Waals surface area contributed by atoms with Crippen LogP contribution < -0.4 is 0 Å². The third kappa shape index (κ3) is 33.4. The van der Waals surface area contributed by atoms with Crippen molar-refractivity contribution in [2.45, 2.75) is 207 Å². The van der Waals surface area contributed by atoms with E-state index in [4.69, 9.17) is 4.74 Å². The first-order valence-corrected chi connectivity index (χ1v) is 17.3. The molecule has 0 atom stereocenters. The zero-order chi connectivity index (χ0) is 27.1. The van der Waals surface area contributed by atoms with Gasteiger partial charge in [-0.3, -0.25) is 4.79 Å². The maximum Gasteiger partial charge on any atom is 0.305 e. The SMILES string of the molecule is CCCCCCCCCCCCCCCCCCCCCCCCC(=O)OCCCCCCCC(C)C. The normalized spacial score (nSPS) is 11.5. The molecule has 0 amide bonds. The molecule has 0 aliphatic heterocycles. The number of ether oxygens (including phenoxy) is 1. The molecule has 0 aromatic heterocycles. The largest absolute Gasteiger partial charge is 0.466 e. The number of carbonyl (C=O) groups is 1. The Morgan fingerprint density at radius 2 is 0.784 bits per heavy atom. The van der Waals surface area contributed by atoms with Gasteiger partial charge in [-0.05, 0) is 18.8 Å². The Labute approximate surface area is 234 Å². The number of esters is 1. The minimum absolute atomic E-state index is 0.0213. The molecule has 0 aliphatic rings. The Morgan fingerprint density at radius 3 is 1.16 bits per heavy atom. The molecule has 0 N–H and O–H groups in total. The van der Waals surface area contributed by atoms with E-state index in [1.807, 2.05) is 0 Å². The van der Waals surface area contributed by atoms with Crippen LogP contribution in [0.5, 0.6) is 0 Å². The maximum atomic E-state index is 11.8. The third-order valence-corrected chi connectivity index (χ3v) is 7.92. The second-order valence-corrected chi connectivity index (χ2v) is 12.3. The lowest BCUT2D eigenvalue weighted by Crippen LogP contribution is -2.05. The van der Waals surface area contributed by atoms with Gasteiger partial charge in [0.1, 0.15) is 0 Å². The van der Waals surface area contributed by atoms with Crippen molar-refractivity contribution < 1.29 is 9.53 Å². The Kier molecular flexibility index (Phi) is 31.2. The van der Waals surface area contributed by atoms with Crippen molar-refractivity contribution >= 4 is 5.97 Å². The zero-order valence-corrected chi connectivity index (χ0v) is 26.1. The highest BCUT2D eigenvalue weighted by atomic mass is 16.5. The number of unbranched alkanes of at least 4 members (excludes halogenated alkanes) is 25. The molecule has 2 nitrogen and oxygen atoms in total. The molecule has 0 rings (SSSR count). The number of hydrogen-bond acceptors (Lipinski definition) is 2. The summed E-state index contributed by atoms with van der Waals surface area (Å²) in [6.45, 7) is 7.51. The van der Waals surface area contributed by atoms with Gasteiger partial charge in [-0.25, -0.2) is 0 Å². The van der Waals surface area contributed by atoms with Crippen LogP contribution >= 0.6 is 0 Å². The summed E-state index contributed by atoms with van der Waals surface area (Å²) in [5.74, 6) is 0.845. The first-order chi connectivity index (χ1) is 18.2. The molecule has 0 bridgehead atoms. The number of carbonyl (C=O) groups excluding carboxylic acids is 1. The van der Waals surface area contributed by atoms with E-state index in [1.54, 1.807) is 0 Å². The fraction of sp³-hybridized carbons (Fsp3) is 0.971. The Balaban J connectivity index is 3.12. The minimum Gasteiger partial charge on any atom is -0.466 e. The van der Waals surface area contributed by atoms with Crippen LogP contribution in [0.3, 0.4) is 0 Å². The Morgan fingerprint density at radius 1 is 0.459 bits per heavy atom. The highest BCUT2D eigenvalue weighted by Crippen LogP contribution is 2.16. The summed E-state index contributed by atoms with van der Waals surface area (Å²) in [7, 11) is 0. The smallest absolute Gasteiger partial charge is 0.305 e. The molecule has 0 saturated heterocycles. The molecular formula is C35H70O2. The van der Waals surface area contributed by atoms with Crippen molar-refractivity contribution in [3.05, 3.63) is 0 Å². The van der Waals surface area contributed by atoms with Gasteiger partial charge in [0, 0.05) is 6.42 Å². The number of hydrogen-bond donors (Lipinski definition) is 0. The predicted octanol–water partition coefficient (Wildman–Crippen LogP) is 12.5. The second kappa shape index (κ2) is 31.7. The van der Waals surface area contributed by atoms with E-state index in [1.165, 1.54) is 167 Å². The van der Waals surface area contributed by atoms with Crippen LogP contribution in [0, 0.1) is 5.92 Å². The molecule has 2 heteroatoms. The summed E-state index contributed by atoms with van der Waals surface area (Å²) in [4.78, 5) is 11.8. The van der Waals surface area contributed by atoms with Gasteiger partial charge < -0.3 is 4.74 Å². The van der Waals surface area contributed by atoms with Crippen LogP contribution in [0.2, 0.25) is 0 Å². The molecule has 37 heavy (non-hydrogen) atoms. The molecule has 0 radical (unpaired) electrons. The summed E-state index contributed by atoms with van der Waals surface area (Å²) in [5, 5.41) is 0. The van der Waals surface area contributed by atoms with Crippen molar-refractivity contribution in [2.24, 2.45) is 5.92 Å². The van der Waals surface area contributed by atoms with Gasteiger partial charge in [0.25, 0.3) is 0 Å². The standard InChI is InChI=1S/C35H70O2/c1-4-5-6-7-8-9-10-11-12-13-14-15-16-17-18-19-20-21-22-23-26-29-32-35(36)37-33-30-27-24-25-28-31-34(2)3/h34H,4-33H2,1-3H3. The fourth-order valence-corrected chi connectivity index (χ4v) is 5.32. The van der Waals surface area contributed by atoms with Crippen molar-refractivity contribution in [3.8, 4) is 0 Å². The van der Waals surface area contributed by atoms with E-state index in [0.717, 1.165) is 18.8 Å². The zero-order valence-electron chi connectivity index (χ0n) is 26.1. The topological polar surface area (TPSA) is 26.3 Å². The van der Waals surface area contributed by atoms with Crippen LogP contribution in [0.25, 0.3) is 0 Å². The molecular weight excluding hydrogens is 452 g/mol. The van der Waals surface area contributed by atoms with Gasteiger partial charge in [0.05, 0.1) is 6.61 Å². The van der Waals surface area contributed by atoms with Crippen LogP contribution in [-0.4, -0.2) is 12.6 Å². The molecule has 0 aromatic carbocycles. The van der Waals surface area contributed by atoms with Crippen molar-refractivity contribution in [3.63, 3.8) is 0 Å². The molecule has 0 saturated carbocycles.